The van der Waals surface area contributed by atoms with Crippen LogP contribution in [0.25, 0.3) is 0 Å². The lowest BCUT2D eigenvalue weighted by atomic mass is 9.49. The summed E-state index contributed by atoms with van der Waals surface area (Å²) in [6.45, 7) is 1.79. The number of hydrogen-bond acceptors (Lipinski definition) is 5. The molecule has 6 nitrogen and oxygen atoms in total. The Kier molecular flexibility index (Phi) is 4.11. The number of benzene rings is 1. The molecule has 3 N–H and O–H groups in total. The first-order valence-electron chi connectivity index (χ1n) is 11.6. The summed E-state index contributed by atoms with van der Waals surface area (Å²) in [6, 6.07) is 6.35. The van der Waals surface area contributed by atoms with Crippen LogP contribution >= 0.6 is 0 Å². The van der Waals surface area contributed by atoms with Crippen LogP contribution in [0.15, 0.2) is 27.8 Å². The van der Waals surface area contributed by atoms with Crippen molar-refractivity contribution < 1.29 is 4.79 Å². The van der Waals surface area contributed by atoms with Gasteiger partial charge < -0.3 is 16.0 Å². The summed E-state index contributed by atoms with van der Waals surface area (Å²) >= 11 is 0. The van der Waals surface area contributed by atoms with E-state index in [2.05, 4.69) is 23.5 Å². The SMILES string of the molecule is Nc1c(N2CCc3ccc(CNC(=O)C45CC6CC(CC(C6)C4)C5)cc3C2)c(=O)c1=O. The number of nitrogens with one attached hydrogen (secondary N) is 1. The van der Waals surface area contributed by atoms with E-state index in [0.29, 0.717) is 25.3 Å². The summed E-state index contributed by atoms with van der Waals surface area (Å²) in [7, 11) is 0. The van der Waals surface area contributed by atoms with E-state index in [1.54, 1.807) is 0 Å². The number of fused-ring (bicyclic) bond motifs is 1. The molecule has 0 spiro atoms. The predicted octanol–water partition coefficient (Wildman–Crippen LogP) is 2.26. The van der Waals surface area contributed by atoms with E-state index in [1.807, 2.05) is 4.90 Å². The van der Waals surface area contributed by atoms with Gasteiger partial charge in [0.05, 0.1) is 0 Å². The summed E-state index contributed by atoms with van der Waals surface area (Å²) in [5.41, 5.74) is 8.53. The van der Waals surface area contributed by atoms with Crippen molar-refractivity contribution in [1.29, 1.82) is 0 Å². The molecule has 0 unspecified atom stereocenters. The van der Waals surface area contributed by atoms with Crippen LogP contribution in [0.1, 0.15) is 55.2 Å². The van der Waals surface area contributed by atoms with Gasteiger partial charge in [-0.1, -0.05) is 18.2 Å². The van der Waals surface area contributed by atoms with E-state index in [-0.39, 0.29) is 17.0 Å². The largest absolute Gasteiger partial charge is 0.394 e. The molecule has 4 bridgehead atoms. The monoisotopic (exact) mass is 419 g/mol. The lowest BCUT2D eigenvalue weighted by Crippen LogP contribution is -2.53. The summed E-state index contributed by atoms with van der Waals surface area (Å²) in [5, 5.41) is 3.26. The lowest BCUT2D eigenvalue weighted by molar-refractivity contribution is -0.146. The molecule has 0 aromatic heterocycles. The van der Waals surface area contributed by atoms with Crippen LogP contribution in [0.4, 0.5) is 11.4 Å². The van der Waals surface area contributed by atoms with Crippen molar-refractivity contribution in [3.63, 3.8) is 0 Å². The molecule has 5 aliphatic rings. The molecule has 7 rings (SSSR count). The summed E-state index contributed by atoms with van der Waals surface area (Å²) in [5.74, 6) is 2.53. The molecule has 4 aliphatic carbocycles. The number of amides is 1. The molecule has 4 fully saturated rings. The molecule has 31 heavy (non-hydrogen) atoms. The fourth-order valence-electron chi connectivity index (χ4n) is 7.38. The third kappa shape index (κ3) is 2.94. The standard InChI is InChI=1S/C25H29N3O3/c26-20-21(23(30)22(20)29)28-4-3-18-2-1-14(8-19(18)13-28)12-27-24(31)25-9-15-5-16(10-25)7-17(6-15)11-25/h1-2,8,15-17H,3-7,9-13,26H2,(H,27,31). The zero-order valence-corrected chi connectivity index (χ0v) is 17.8. The highest BCUT2D eigenvalue weighted by Gasteiger charge is 2.54. The number of nitrogens with two attached hydrogens (primary N) is 1. The first-order chi connectivity index (χ1) is 14.9. The molecule has 1 heterocycles. The van der Waals surface area contributed by atoms with Gasteiger partial charge in [-0.2, -0.15) is 0 Å². The van der Waals surface area contributed by atoms with Crippen molar-refractivity contribution in [2.45, 2.75) is 58.0 Å². The van der Waals surface area contributed by atoms with Gasteiger partial charge in [-0.05, 0) is 79.4 Å². The number of carbonyl (C=O) groups excluding carboxylic acids is 1. The van der Waals surface area contributed by atoms with Crippen LogP contribution in [0.2, 0.25) is 0 Å². The van der Waals surface area contributed by atoms with E-state index in [9.17, 15) is 14.4 Å². The Hall–Kier alpha value is -2.63. The van der Waals surface area contributed by atoms with Gasteiger partial charge in [0.2, 0.25) is 5.91 Å². The first kappa shape index (κ1) is 19.1. The zero-order chi connectivity index (χ0) is 21.3. The molecule has 162 valence electrons. The van der Waals surface area contributed by atoms with Gasteiger partial charge in [-0.15, -0.1) is 0 Å². The Balaban J connectivity index is 1.15. The average molecular weight is 420 g/mol. The van der Waals surface area contributed by atoms with Crippen molar-refractivity contribution in [3.8, 4) is 0 Å². The Bertz CT molecular complexity index is 1110. The highest BCUT2D eigenvalue weighted by atomic mass is 16.2. The number of hydrogen-bond donors (Lipinski definition) is 2. The van der Waals surface area contributed by atoms with Gasteiger partial charge in [-0.25, -0.2) is 0 Å². The van der Waals surface area contributed by atoms with Crippen molar-refractivity contribution in [1.82, 2.24) is 5.32 Å². The molecular formula is C25H29N3O3. The maximum atomic E-state index is 13.2. The van der Waals surface area contributed by atoms with Crippen molar-refractivity contribution in [3.05, 3.63) is 55.3 Å². The molecule has 0 radical (unpaired) electrons. The molecule has 0 saturated heterocycles. The Morgan fingerprint density at radius 3 is 2.35 bits per heavy atom. The van der Waals surface area contributed by atoms with E-state index < -0.39 is 10.9 Å². The normalized spacial score (nSPS) is 31.1. The third-order valence-corrected chi connectivity index (χ3v) is 8.49. The lowest BCUT2D eigenvalue weighted by Gasteiger charge is -2.55. The van der Waals surface area contributed by atoms with Gasteiger partial charge in [0, 0.05) is 25.0 Å². The Morgan fingerprint density at radius 1 is 1.03 bits per heavy atom. The predicted molar refractivity (Wildman–Crippen MR) is 119 cm³/mol. The quantitative estimate of drug-likeness (QED) is 0.742. The average Bonchev–Trinajstić information content (AvgIpc) is 2.76. The third-order valence-electron chi connectivity index (χ3n) is 8.49. The second-order valence-corrected chi connectivity index (χ2v) is 10.6. The fraction of sp³-hybridized carbons (Fsp3) is 0.560. The van der Waals surface area contributed by atoms with Crippen molar-refractivity contribution in [2.24, 2.45) is 23.2 Å². The van der Waals surface area contributed by atoms with Crippen molar-refractivity contribution in [2.75, 3.05) is 17.2 Å². The Morgan fingerprint density at radius 2 is 1.71 bits per heavy atom. The number of rotatable bonds is 4. The molecular weight excluding hydrogens is 390 g/mol. The fourth-order valence-corrected chi connectivity index (χ4v) is 7.38. The summed E-state index contributed by atoms with van der Waals surface area (Å²) < 4.78 is 0. The minimum Gasteiger partial charge on any atom is -0.394 e. The van der Waals surface area contributed by atoms with E-state index in [1.165, 1.54) is 24.8 Å². The highest BCUT2D eigenvalue weighted by Crippen LogP contribution is 2.60. The number of nitrogen functional groups attached to an aromatic ring is 1. The second-order valence-electron chi connectivity index (χ2n) is 10.6. The van der Waals surface area contributed by atoms with Gasteiger partial charge >= 0.3 is 0 Å². The van der Waals surface area contributed by atoms with E-state index in [0.717, 1.165) is 54.6 Å². The van der Waals surface area contributed by atoms with Gasteiger partial charge in [0.15, 0.2) is 0 Å². The number of carbonyl (C=O) groups is 1. The molecule has 4 saturated carbocycles. The Labute approximate surface area is 181 Å². The summed E-state index contributed by atoms with van der Waals surface area (Å²) in [4.78, 5) is 38.6. The van der Waals surface area contributed by atoms with Gasteiger partial charge in [-0.3, -0.25) is 14.4 Å². The molecule has 2 aromatic carbocycles. The summed E-state index contributed by atoms with van der Waals surface area (Å²) in [6.07, 6.45) is 8.05. The van der Waals surface area contributed by atoms with Crippen LogP contribution < -0.4 is 26.8 Å². The second kappa shape index (κ2) is 6.68. The topological polar surface area (TPSA) is 92.5 Å². The van der Waals surface area contributed by atoms with Crippen molar-refractivity contribution >= 4 is 17.3 Å². The van der Waals surface area contributed by atoms with E-state index in [4.69, 9.17) is 5.73 Å². The highest BCUT2D eigenvalue weighted by molar-refractivity contribution is 5.83. The minimum atomic E-state index is -0.568. The van der Waals surface area contributed by atoms with E-state index >= 15 is 0 Å². The molecule has 1 aliphatic heterocycles. The number of nitrogens with zero attached hydrogens (tertiary/aromatic N) is 1. The van der Waals surface area contributed by atoms with Gasteiger partial charge in [0.25, 0.3) is 10.9 Å². The van der Waals surface area contributed by atoms with Crippen LogP contribution in [0.3, 0.4) is 0 Å². The smallest absolute Gasteiger partial charge is 0.253 e. The minimum absolute atomic E-state index is 0.0902. The molecule has 0 atom stereocenters. The van der Waals surface area contributed by atoms with Crippen LogP contribution in [0.5, 0.6) is 0 Å². The molecule has 2 aromatic rings. The van der Waals surface area contributed by atoms with Crippen LogP contribution in [-0.2, 0) is 24.3 Å². The first-order valence-corrected chi connectivity index (χ1v) is 11.6. The number of anilines is 2. The van der Waals surface area contributed by atoms with Crippen LogP contribution in [-0.4, -0.2) is 12.5 Å². The maximum Gasteiger partial charge on any atom is 0.253 e. The molecule has 6 heteroatoms. The zero-order valence-electron chi connectivity index (χ0n) is 17.8. The molecule has 1 amide bonds. The van der Waals surface area contributed by atoms with Crippen LogP contribution in [0, 0.1) is 23.2 Å². The van der Waals surface area contributed by atoms with Gasteiger partial charge in [0.1, 0.15) is 11.4 Å². The maximum absolute atomic E-state index is 13.2.